The van der Waals surface area contributed by atoms with Crippen molar-refractivity contribution in [3.8, 4) is 0 Å². The first-order valence-corrected chi connectivity index (χ1v) is 6.41. The highest BCUT2D eigenvalue weighted by Gasteiger charge is 2.20. The van der Waals surface area contributed by atoms with Crippen molar-refractivity contribution in [1.29, 1.82) is 0 Å². The molecule has 0 saturated carbocycles. The Morgan fingerprint density at radius 1 is 1.71 bits per heavy atom. The van der Waals surface area contributed by atoms with Gasteiger partial charge in [0.2, 0.25) is 0 Å². The minimum absolute atomic E-state index is 0.628. The van der Waals surface area contributed by atoms with Crippen LogP contribution < -0.4 is 4.90 Å². The lowest BCUT2D eigenvalue weighted by Crippen LogP contribution is -2.34. The van der Waals surface area contributed by atoms with Crippen LogP contribution in [0.2, 0.25) is 5.15 Å². The maximum Gasteiger partial charge on any atom is 0.186 e. The van der Waals surface area contributed by atoms with Crippen LogP contribution in [0.1, 0.15) is 26.2 Å². The molecule has 1 atom stereocenters. The molecule has 2 heterocycles. The van der Waals surface area contributed by atoms with Gasteiger partial charge in [-0.15, -0.1) is 11.3 Å². The number of aromatic nitrogens is 1. The normalized spacial score (nSPS) is 22.7. The van der Waals surface area contributed by atoms with Crippen molar-refractivity contribution in [3.63, 3.8) is 0 Å². The Bertz CT molecular complexity index is 300. The van der Waals surface area contributed by atoms with E-state index in [1.165, 1.54) is 19.3 Å². The smallest absolute Gasteiger partial charge is 0.186 e. The van der Waals surface area contributed by atoms with Crippen LogP contribution in [0.25, 0.3) is 0 Å². The van der Waals surface area contributed by atoms with Crippen LogP contribution in [-0.2, 0) is 0 Å². The van der Waals surface area contributed by atoms with Gasteiger partial charge in [-0.2, -0.15) is 0 Å². The molecule has 0 aromatic carbocycles. The predicted octanol–water partition coefficient (Wildman–Crippen LogP) is 3.42. The SMILES string of the molecule is CCC1CCCN(c2nc(Cl)cs2)C1. The fourth-order valence-electron chi connectivity index (χ4n) is 1.96. The summed E-state index contributed by atoms with van der Waals surface area (Å²) < 4.78 is 0. The van der Waals surface area contributed by atoms with Crippen LogP contribution in [0.15, 0.2) is 5.38 Å². The molecule has 1 aliphatic heterocycles. The largest absolute Gasteiger partial charge is 0.348 e. The first kappa shape index (κ1) is 10.2. The molecule has 1 fully saturated rings. The number of hydrogen-bond acceptors (Lipinski definition) is 3. The molecule has 0 spiro atoms. The van der Waals surface area contributed by atoms with Crippen molar-refractivity contribution in [1.82, 2.24) is 4.98 Å². The van der Waals surface area contributed by atoms with E-state index in [1.807, 2.05) is 5.38 Å². The van der Waals surface area contributed by atoms with Gasteiger partial charge in [-0.3, -0.25) is 0 Å². The number of rotatable bonds is 2. The minimum atomic E-state index is 0.628. The molecule has 0 N–H and O–H groups in total. The summed E-state index contributed by atoms with van der Waals surface area (Å²) in [5.41, 5.74) is 0. The Morgan fingerprint density at radius 2 is 2.57 bits per heavy atom. The number of hydrogen-bond donors (Lipinski definition) is 0. The molecule has 1 saturated heterocycles. The summed E-state index contributed by atoms with van der Waals surface area (Å²) >= 11 is 7.47. The molecule has 0 bridgehead atoms. The van der Waals surface area contributed by atoms with E-state index < -0.39 is 0 Å². The summed E-state index contributed by atoms with van der Waals surface area (Å²) in [5, 5.41) is 3.63. The van der Waals surface area contributed by atoms with E-state index in [9.17, 15) is 0 Å². The number of piperidine rings is 1. The van der Waals surface area contributed by atoms with Gasteiger partial charge in [0.15, 0.2) is 5.13 Å². The molecule has 0 amide bonds. The molecule has 0 aliphatic carbocycles. The Hall–Kier alpha value is -0.280. The number of thiazole rings is 1. The molecule has 2 nitrogen and oxygen atoms in total. The zero-order valence-corrected chi connectivity index (χ0v) is 9.94. The molecule has 1 aromatic heterocycles. The second-order valence-corrected chi connectivity index (χ2v) is 5.04. The lowest BCUT2D eigenvalue weighted by atomic mass is 9.96. The molecule has 1 aromatic rings. The van der Waals surface area contributed by atoms with Gasteiger partial charge >= 0.3 is 0 Å². The maximum atomic E-state index is 5.82. The van der Waals surface area contributed by atoms with Gasteiger partial charge in [0.1, 0.15) is 5.15 Å². The highest BCUT2D eigenvalue weighted by Crippen LogP contribution is 2.28. The van der Waals surface area contributed by atoms with Crippen molar-refractivity contribution < 1.29 is 0 Å². The molecule has 14 heavy (non-hydrogen) atoms. The lowest BCUT2D eigenvalue weighted by molar-refractivity contribution is 0.404. The van der Waals surface area contributed by atoms with Crippen LogP contribution in [0, 0.1) is 5.92 Å². The van der Waals surface area contributed by atoms with Gasteiger partial charge in [0.25, 0.3) is 0 Å². The second kappa shape index (κ2) is 4.49. The minimum Gasteiger partial charge on any atom is -0.348 e. The number of nitrogens with zero attached hydrogens (tertiary/aromatic N) is 2. The third kappa shape index (κ3) is 2.20. The van der Waals surface area contributed by atoms with E-state index in [4.69, 9.17) is 11.6 Å². The van der Waals surface area contributed by atoms with Gasteiger partial charge < -0.3 is 4.90 Å². The molecule has 78 valence electrons. The predicted molar refractivity (Wildman–Crippen MR) is 62.4 cm³/mol. The average molecular weight is 231 g/mol. The van der Waals surface area contributed by atoms with E-state index in [2.05, 4.69) is 16.8 Å². The third-order valence-corrected chi connectivity index (χ3v) is 4.06. The molecule has 2 rings (SSSR count). The van der Waals surface area contributed by atoms with E-state index in [0.29, 0.717) is 5.15 Å². The van der Waals surface area contributed by atoms with Crippen LogP contribution in [0.5, 0.6) is 0 Å². The third-order valence-electron chi connectivity index (χ3n) is 2.83. The van der Waals surface area contributed by atoms with Gasteiger partial charge in [-0.05, 0) is 18.8 Å². The summed E-state index contributed by atoms with van der Waals surface area (Å²) in [4.78, 5) is 6.68. The molecule has 1 aliphatic rings. The van der Waals surface area contributed by atoms with Crippen molar-refractivity contribution in [2.45, 2.75) is 26.2 Å². The highest BCUT2D eigenvalue weighted by atomic mass is 35.5. The Morgan fingerprint density at radius 3 is 3.21 bits per heavy atom. The van der Waals surface area contributed by atoms with Crippen molar-refractivity contribution in [2.24, 2.45) is 5.92 Å². The van der Waals surface area contributed by atoms with Crippen LogP contribution in [0.4, 0.5) is 5.13 Å². The Balaban J connectivity index is 2.04. The van der Waals surface area contributed by atoms with Crippen molar-refractivity contribution in [3.05, 3.63) is 10.5 Å². The topological polar surface area (TPSA) is 16.1 Å². The molecular formula is C10H15ClN2S. The summed E-state index contributed by atoms with van der Waals surface area (Å²) in [5.74, 6) is 0.839. The first-order chi connectivity index (χ1) is 6.79. The molecular weight excluding hydrogens is 216 g/mol. The summed E-state index contributed by atoms with van der Waals surface area (Å²) in [7, 11) is 0. The van der Waals surface area contributed by atoms with Crippen LogP contribution in [-0.4, -0.2) is 18.1 Å². The number of anilines is 1. The maximum absolute atomic E-state index is 5.82. The fourth-order valence-corrected chi connectivity index (χ4v) is 2.95. The second-order valence-electron chi connectivity index (χ2n) is 3.82. The summed E-state index contributed by atoms with van der Waals surface area (Å²) in [6.07, 6.45) is 3.93. The molecule has 4 heteroatoms. The summed E-state index contributed by atoms with van der Waals surface area (Å²) in [6.45, 7) is 4.56. The van der Waals surface area contributed by atoms with Gasteiger partial charge in [0, 0.05) is 18.5 Å². The quantitative estimate of drug-likeness (QED) is 0.774. The summed E-state index contributed by atoms with van der Waals surface area (Å²) in [6, 6.07) is 0. The Labute approximate surface area is 93.9 Å². The van der Waals surface area contributed by atoms with E-state index in [-0.39, 0.29) is 0 Å². The zero-order chi connectivity index (χ0) is 9.97. The zero-order valence-electron chi connectivity index (χ0n) is 8.37. The monoisotopic (exact) mass is 230 g/mol. The van der Waals surface area contributed by atoms with Gasteiger partial charge in [-0.1, -0.05) is 24.9 Å². The van der Waals surface area contributed by atoms with E-state index in [0.717, 1.165) is 24.1 Å². The molecule has 1 unspecified atom stereocenters. The number of halogens is 1. The van der Waals surface area contributed by atoms with E-state index >= 15 is 0 Å². The van der Waals surface area contributed by atoms with Crippen molar-refractivity contribution in [2.75, 3.05) is 18.0 Å². The first-order valence-electron chi connectivity index (χ1n) is 5.15. The average Bonchev–Trinajstić information content (AvgIpc) is 2.65. The van der Waals surface area contributed by atoms with Crippen LogP contribution in [0.3, 0.4) is 0 Å². The molecule has 0 radical (unpaired) electrons. The van der Waals surface area contributed by atoms with Gasteiger partial charge in [-0.25, -0.2) is 4.98 Å². The lowest BCUT2D eigenvalue weighted by Gasteiger charge is -2.31. The fraction of sp³-hybridized carbons (Fsp3) is 0.700. The Kier molecular flexibility index (Phi) is 3.29. The van der Waals surface area contributed by atoms with Gasteiger partial charge in [0.05, 0.1) is 0 Å². The van der Waals surface area contributed by atoms with Crippen LogP contribution >= 0.6 is 22.9 Å². The van der Waals surface area contributed by atoms with Crippen molar-refractivity contribution >= 4 is 28.1 Å². The van der Waals surface area contributed by atoms with E-state index in [1.54, 1.807) is 11.3 Å². The highest BCUT2D eigenvalue weighted by molar-refractivity contribution is 7.14. The standard InChI is InChI=1S/C10H15ClN2S/c1-2-8-4-3-5-13(6-8)10-12-9(11)7-14-10/h7-8H,2-6H2,1H3.